The van der Waals surface area contributed by atoms with Crippen LogP contribution in [0.15, 0.2) is 285 Å². The number of nitrogens with zero attached hydrogens (tertiary/aromatic N) is 2. The van der Waals surface area contributed by atoms with Gasteiger partial charge in [0.05, 0.1) is 27.5 Å². The Bertz CT molecular complexity index is 4620. The third-order valence-corrected chi connectivity index (χ3v) is 21.3. The second-order valence-corrected chi connectivity index (χ2v) is 24.8. The van der Waals surface area contributed by atoms with E-state index in [1.165, 1.54) is 61.2 Å². The molecule has 82 heavy (non-hydrogen) atoms. The smallest absolute Gasteiger partial charge is 0.174 e. The van der Waals surface area contributed by atoms with Crippen molar-refractivity contribution in [2.45, 2.75) is 17.3 Å². The number of ether oxygens (including phenoxy) is 2. The summed E-state index contributed by atoms with van der Waals surface area (Å²) in [5, 5.41) is 12.3. The zero-order valence-corrected chi connectivity index (χ0v) is 45.3. The van der Waals surface area contributed by atoms with Gasteiger partial charge in [-0.05, 0) is 104 Å². The van der Waals surface area contributed by atoms with Gasteiger partial charge in [-0.15, -0.1) is 10.2 Å². The van der Waals surface area contributed by atoms with Crippen LogP contribution in [0.2, 0.25) is 0 Å². The SMILES string of the molecule is O=P(c1ccccc1)(c1ccccc1)c1cccc2c1Oc1ccccc1C21c2ccccc2-c2c(C3=CC=CC4=C(c5ccc(-c6cccc7c6Oc6ccccc6C76c7ccccc7-c7ccccc76)nn5)C=CCC34)cccc21. The second kappa shape index (κ2) is 17.8. The third kappa shape index (κ3) is 6.26. The Morgan fingerprint density at radius 1 is 0.402 bits per heavy atom. The topological polar surface area (TPSA) is 61.3 Å². The number of hydrogen-bond donors (Lipinski definition) is 0. The first-order chi connectivity index (χ1) is 40.6. The molecule has 0 amide bonds. The van der Waals surface area contributed by atoms with Crippen molar-refractivity contribution >= 4 is 34.2 Å². The molecule has 5 nitrogen and oxygen atoms in total. The molecule has 6 heteroatoms. The van der Waals surface area contributed by atoms with Crippen LogP contribution in [-0.2, 0) is 15.4 Å². The van der Waals surface area contributed by atoms with E-state index in [1.54, 1.807) is 0 Å². The van der Waals surface area contributed by atoms with Gasteiger partial charge in [0.1, 0.15) is 23.0 Å². The van der Waals surface area contributed by atoms with Crippen LogP contribution < -0.4 is 25.4 Å². The van der Waals surface area contributed by atoms with Gasteiger partial charge in [-0.3, -0.25) is 0 Å². The zero-order chi connectivity index (χ0) is 54.2. The van der Waals surface area contributed by atoms with Gasteiger partial charge in [0.15, 0.2) is 7.14 Å². The lowest BCUT2D eigenvalue weighted by Crippen LogP contribution is -2.35. The minimum Gasteiger partial charge on any atom is -0.456 e. The first-order valence-electron chi connectivity index (χ1n) is 28.2. The summed E-state index contributed by atoms with van der Waals surface area (Å²) in [6, 6.07) is 87.1. The standard InChI is InChI=1S/C76H49N2O3P/c79-82(48-22-3-1-4-23-48,49-24-5-2-6-25-49)71-45-21-42-66-74(71)81-70-44-16-14-39-63(70)76(66)61-37-12-9-28-57(61)72-56(33-19-40-64(72)76)52-31-17-30-51-50(52)29-18-32-55(51)67-46-47-68(78-77-67)58-34-20-41-65-73(58)80-69-43-15-13-38-62(69)75(65)59-35-10-7-26-53(59)54-27-8-11-36-60(54)75/h1-28,30-47,50H,29H2. The van der Waals surface area contributed by atoms with Crippen molar-refractivity contribution in [3.05, 3.63) is 340 Å². The van der Waals surface area contributed by atoms with Crippen molar-refractivity contribution < 1.29 is 14.0 Å². The highest BCUT2D eigenvalue weighted by atomic mass is 31.2. The lowest BCUT2D eigenvalue weighted by Gasteiger charge is -2.40. The maximum Gasteiger partial charge on any atom is 0.174 e. The van der Waals surface area contributed by atoms with E-state index < -0.39 is 18.0 Å². The Morgan fingerprint density at radius 2 is 0.878 bits per heavy atom. The number of aromatic nitrogens is 2. The highest BCUT2D eigenvalue weighted by Gasteiger charge is 2.54. The molecule has 2 aliphatic heterocycles. The maximum atomic E-state index is 16.4. The van der Waals surface area contributed by atoms with Crippen LogP contribution in [-0.4, -0.2) is 10.2 Å². The van der Waals surface area contributed by atoms with Gasteiger partial charge in [-0.1, -0.05) is 243 Å². The fourth-order valence-corrected chi connectivity index (χ4v) is 17.7. The molecule has 0 fully saturated rings. The van der Waals surface area contributed by atoms with Crippen LogP contribution in [0.25, 0.3) is 44.7 Å². The average Bonchev–Trinajstić information content (AvgIpc) is 3.21. The van der Waals surface area contributed by atoms with Crippen molar-refractivity contribution in [1.29, 1.82) is 0 Å². The van der Waals surface area contributed by atoms with E-state index >= 15 is 4.57 Å². The van der Waals surface area contributed by atoms with Crippen LogP contribution in [0.3, 0.4) is 0 Å². The molecule has 386 valence electrons. The van der Waals surface area contributed by atoms with Gasteiger partial charge in [-0.25, -0.2) is 0 Å². The molecule has 1 aromatic heterocycles. The van der Waals surface area contributed by atoms with E-state index in [-0.39, 0.29) is 5.92 Å². The van der Waals surface area contributed by atoms with Crippen molar-refractivity contribution in [3.63, 3.8) is 0 Å². The number of para-hydroxylation sites is 4. The molecular formula is C76H49N2O3P. The van der Waals surface area contributed by atoms with Crippen LogP contribution in [0.4, 0.5) is 0 Å². The molecule has 0 N–H and O–H groups in total. The summed E-state index contributed by atoms with van der Waals surface area (Å²) >= 11 is 0. The van der Waals surface area contributed by atoms with Crippen molar-refractivity contribution in [1.82, 2.24) is 10.2 Å². The summed E-state index contributed by atoms with van der Waals surface area (Å²) in [5.41, 5.74) is 19.7. The van der Waals surface area contributed by atoms with Gasteiger partial charge >= 0.3 is 0 Å². The molecule has 4 aliphatic carbocycles. The zero-order valence-electron chi connectivity index (χ0n) is 44.4. The Labute approximate surface area is 476 Å². The van der Waals surface area contributed by atoms with E-state index in [4.69, 9.17) is 19.7 Å². The Balaban J connectivity index is 0.782. The number of hydrogen-bond acceptors (Lipinski definition) is 5. The summed E-state index contributed by atoms with van der Waals surface area (Å²) in [6.07, 6.45) is 12.1. The number of rotatable bonds is 6. The number of benzene rings is 10. The van der Waals surface area contributed by atoms with Gasteiger partial charge in [-0.2, -0.15) is 0 Å². The van der Waals surface area contributed by atoms with E-state index in [1.807, 2.05) is 72.8 Å². The molecule has 0 radical (unpaired) electrons. The van der Waals surface area contributed by atoms with Crippen molar-refractivity contribution in [2.24, 2.45) is 5.92 Å². The second-order valence-electron chi connectivity index (χ2n) is 22.0. The van der Waals surface area contributed by atoms with Crippen LogP contribution in [0.1, 0.15) is 62.2 Å². The molecule has 3 heterocycles. The summed E-state index contributed by atoms with van der Waals surface area (Å²) in [6.45, 7) is 0. The predicted octanol–water partition coefficient (Wildman–Crippen LogP) is 16.7. The molecule has 11 aromatic rings. The monoisotopic (exact) mass is 1070 g/mol. The Hall–Kier alpha value is -9.93. The van der Waals surface area contributed by atoms with Crippen molar-refractivity contribution in [3.8, 4) is 56.5 Å². The first-order valence-corrected chi connectivity index (χ1v) is 29.9. The molecule has 0 bridgehead atoms. The molecule has 2 atom stereocenters. The minimum absolute atomic E-state index is 0.0492. The lowest BCUT2D eigenvalue weighted by molar-refractivity contribution is 0.438. The normalized spacial score (nSPS) is 17.7. The molecular weight excluding hydrogens is 1020 g/mol. The van der Waals surface area contributed by atoms with E-state index in [2.05, 4.69) is 206 Å². The van der Waals surface area contributed by atoms with Gasteiger partial charge in [0.2, 0.25) is 0 Å². The highest BCUT2D eigenvalue weighted by Crippen LogP contribution is 2.66. The van der Waals surface area contributed by atoms with Crippen LogP contribution in [0, 0.1) is 5.92 Å². The number of allylic oxidation sites excluding steroid dienone is 8. The maximum absolute atomic E-state index is 16.4. The fraction of sp³-hybridized carbons (Fsp3) is 0.0526. The highest BCUT2D eigenvalue weighted by molar-refractivity contribution is 7.85. The van der Waals surface area contributed by atoms with Crippen LogP contribution in [0.5, 0.6) is 23.0 Å². The molecule has 2 unspecified atom stereocenters. The first kappa shape index (κ1) is 46.9. The van der Waals surface area contributed by atoms with E-state index in [0.717, 1.165) is 79.1 Å². The molecule has 6 aliphatic rings. The van der Waals surface area contributed by atoms with Crippen LogP contribution >= 0.6 is 7.14 Å². The summed E-state index contributed by atoms with van der Waals surface area (Å²) in [7, 11) is -3.48. The molecule has 0 saturated carbocycles. The van der Waals surface area contributed by atoms with E-state index in [0.29, 0.717) is 11.1 Å². The lowest BCUT2D eigenvalue weighted by atomic mass is 9.65. The largest absolute Gasteiger partial charge is 0.456 e. The summed E-state index contributed by atoms with van der Waals surface area (Å²) < 4.78 is 30.6. The Kier molecular flexibility index (Phi) is 10.2. The van der Waals surface area contributed by atoms with Gasteiger partial charge in [0.25, 0.3) is 0 Å². The Morgan fingerprint density at radius 3 is 1.52 bits per heavy atom. The molecule has 2 spiro atoms. The fourth-order valence-electron chi connectivity index (χ4n) is 15.0. The number of fused-ring (bicyclic) bond motifs is 19. The minimum atomic E-state index is -3.48. The van der Waals surface area contributed by atoms with E-state index in [9.17, 15) is 0 Å². The van der Waals surface area contributed by atoms with Gasteiger partial charge < -0.3 is 14.0 Å². The molecule has 0 saturated heterocycles. The summed E-state index contributed by atoms with van der Waals surface area (Å²) in [5.74, 6) is 3.08. The average molecular weight is 1070 g/mol. The molecule has 17 rings (SSSR count). The van der Waals surface area contributed by atoms with Gasteiger partial charge in [0, 0.05) is 49.9 Å². The quantitative estimate of drug-likeness (QED) is 0.155. The summed E-state index contributed by atoms with van der Waals surface area (Å²) in [4.78, 5) is 0. The van der Waals surface area contributed by atoms with Crippen molar-refractivity contribution in [2.75, 3.05) is 0 Å². The molecule has 10 aromatic carbocycles. The predicted molar refractivity (Wildman–Crippen MR) is 329 cm³/mol. The third-order valence-electron chi connectivity index (χ3n) is 18.2.